The molecule has 0 bridgehead atoms. The van der Waals surface area contributed by atoms with Crippen molar-refractivity contribution < 1.29 is 4.79 Å². The Kier molecular flexibility index (Phi) is 6.98. The summed E-state index contributed by atoms with van der Waals surface area (Å²) in [4.78, 5) is 30.3. The normalized spacial score (nSPS) is 13.2. The van der Waals surface area contributed by atoms with E-state index in [1.165, 1.54) is 11.8 Å². The van der Waals surface area contributed by atoms with E-state index in [2.05, 4.69) is 10.3 Å². The van der Waals surface area contributed by atoms with E-state index in [9.17, 15) is 9.59 Å². The van der Waals surface area contributed by atoms with Gasteiger partial charge in [0.25, 0.3) is 5.56 Å². The number of hydrogen-bond donors (Lipinski definition) is 1. The molecule has 5 nitrogen and oxygen atoms in total. The van der Waals surface area contributed by atoms with Gasteiger partial charge in [0, 0.05) is 11.6 Å². The summed E-state index contributed by atoms with van der Waals surface area (Å²) in [6.45, 7) is 6.32. The van der Waals surface area contributed by atoms with E-state index in [4.69, 9.17) is 11.6 Å². The van der Waals surface area contributed by atoms with Crippen molar-refractivity contribution in [3.8, 4) is 0 Å². The van der Waals surface area contributed by atoms with Gasteiger partial charge in [-0.25, -0.2) is 4.98 Å². The largest absolute Gasteiger partial charge is 0.349 e. The molecule has 2 atom stereocenters. The maximum absolute atomic E-state index is 12.9. The maximum Gasteiger partial charge on any atom is 0.262 e. The van der Waals surface area contributed by atoms with Crippen LogP contribution in [0.25, 0.3) is 10.9 Å². The molecule has 0 saturated heterocycles. The van der Waals surface area contributed by atoms with Crippen LogP contribution in [-0.4, -0.2) is 20.7 Å². The summed E-state index contributed by atoms with van der Waals surface area (Å²) in [7, 11) is 0. The molecule has 0 saturated carbocycles. The Morgan fingerprint density at radius 2 is 1.93 bits per heavy atom. The first-order valence-electron chi connectivity index (χ1n) is 9.62. The van der Waals surface area contributed by atoms with Crippen LogP contribution in [0.5, 0.6) is 0 Å². The van der Waals surface area contributed by atoms with E-state index in [1.807, 2.05) is 51.1 Å². The molecule has 0 aliphatic rings. The highest BCUT2D eigenvalue weighted by molar-refractivity contribution is 8.00. The Hall–Kier alpha value is -2.31. The zero-order valence-electron chi connectivity index (χ0n) is 16.7. The smallest absolute Gasteiger partial charge is 0.262 e. The highest BCUT2D eigenvalue weighted by Gasteiger charge is 2.21. The average Bonchev–Trinajstić information content (AvgIpc) is 2.71. The fraction of sp³-hybridized carbons (Fsp3) is 0.318. The Morgan fingerprint density at radius 1 is 1.21 bits per heavy atom. The van der Waals surface area contributed by atoms with E-state index in [0.717, 1.165) is 12.0 Å². The number of thioether (sulfide) groups is 1. The van der Waals surface area contributed by atoms with Crippen molar-refractivity contribution in [1.82, 2.24) is 14.9 Å². The maximum atomic E-state index is 12.9. The van der Waals surface area contributed by atoms with E-state index in [1.54, 1.807) is 22.8 Å². The summed E-state index contributed by atoms with van der Waals surface area (Å²) in [5.41, 5.74) is 1.48. The summed E-state index contributed by atoms with van der Waals surface area (Å²) in [6.07, 6.45) is 0.792. The molecule has 0 aliphatic carbocycles. The zero-order valence-corrected chi connectivity index (χ0v) is 18.3. The SMILES string of the molecule is CCCn1c(S[C@@H](C)C(=O)N[C@@H](C)c2ccccc2)nc2cc(Cl)ccc2c1=O. The number of fused-ring (bicyclic) bond motifs is 1. The summed E-state index contributed by atoms with van der Waals surface area (Å²) in [5.74, 6) is -0.102. The summed E-state index contributed by atoms with van der Waals surface area (Å²) in [5, 5.41) is 4.21. The number of amides is 1. The molecule has 3 aromatic rings. The molecule has 0 spiro atoms. The topological polar surface area (TPSA) is 64.0 Å². The molecule has 1 heterocycles. The Labute approximate surface area is 179 Å². The van der Waals surface area contributed by atoms with Gasteiger partial charge in [0.1, 0.15) is 0 Å². The molecule has 0 unspecified atom stereocenters. The molecule has 0 radical (unpaired) electrons. The number of benzene rings is 2. The molecule has 1 amide bonds. The second-order valence-corrected chi connectivity index (χ2v) is 8.66. The quantitative estimate of drug-likeness (QED) is 0.432. The van der Waals surface area contributed by atoms with Crippen LogP contribution in [0.2, 0.25) is 5.02 Å². The van der Waals surface area contributed by atoms with E-state index in [0.29, 0.717) is 27.6 Å². The van der Waals surface area contributed by atoms with Crippen molar-refractivity contribution in [2.24, 2.45) is 0 Å². The van der Waals surface area contributed by atoms with Gasteiger partial charge >= 0.3 is 0 Å². The third-order valence-electron chi connectivity index (χ3n) is 4.64. The number of nitrogens with zero attached hydrogens (tertiary/aromatic N) is 2. The Morgan fingerprint density at radius 3 is 2.62 bits per heavy atom. The van der Waals surface area contributed by atoms with Gasteiger partial charge in [0.05, 0.1) is 22.2 Å². The number of hydrogen-bond acceptors (Lipinski definition) is 4. The molecular formula is C22H24ClN3O2S. The molecule has 3 rings (SSSR count). The molecule has 29 heavy (non-hydrogen) atoms. The molecule has 2 aromatic carbocycles. The Bertz CT molecular complexity index is 1070. The highest BCUT2D eigenvalue weighted by Crippen LogP contribution is 2.25. The van der Waals surface area contributed by atoms with Crippen LogP contribution in [0.15, 0.2) is 58.5 Å². The molecule has 0 fully saturated rings. The fourth-order valence-corrected chi connectivity index (χ4v) is 4.16. The molecule has 0 aliphatic heterocycles. The van der Waals surface area contributed by atoms with Crippen LogP contribution >= 0.6 is 23.4 Å². The van der Waals surface area contributed by atoms with Gasteiger partial charge in [0.15, 0.2) is 5.16 Å². The first kappa shape index (κ1) is 21.4. The van der Waals surface area contributed by atoms with E-state index in [-0.39, 0.29) is 17.5 Å². The predicted octanol–water partition coefficient (Wildman–Crippen LogP) is 4.82. The summed E-state index contributed by atoms with van der Waals surface area (Å²) >= 11 is 7.36. The molecule has 1 aromatic heterocycles. The first-order valence-corrected chi connectivity index (χ1v) is 10.9. The number of aromatic nitrogens is 2. The van der Waals surface area contributed by atoms with Gasteiger partial charge < -0.3 is 5.32 Å². The van der Waals surface area contributed by atoms with Crippen LogP contribution < -0.4 is 10.9 Å². The Balaban J connectivity index is 1.85. The third kappa shape index (κ3) is 5.00. The van der Waals surface area contributed by atoms with Crippen LogP contribution in [-0.2, 0) is 11.3 Å². The van der Waals surface area contributed by atoms with E-state index < -0.39 is 5.25 Å². The number of carbonyl (C=O) groups is 1. The predicted molar refractivity (Wildman–Crippen MR) is 120 cm³/mol. The van der Waals surface area contributed by atoms with Crippen molar-refractivity contribution in [2.45, 2.75) is 50.2 Å². The van der Waals surface area contributed by atoms with Crippen molar-refractivity contribution in [2.75, 3.05) is 0 Å². The second-order valence-electron chi connectivity index (χ2n) is 6.91. The van der Waals surface area contributed by atoms with Gasteiger partial charge in [-0.2, -0.15) is 0 Å². The second kappa shape index (κ2) is 9.46. The lowest BCUT2D eigenvalue weighted by Crippen LogP contribution is -2.34. The fourth-order valence-electron chi connectivity index (χ4n) is 3.05. The number of nitrogens with one attached hydrogen (secondary N) is 1. The van der Waals surface area contributed by atoms with Gasteiger partial charge in [-0.1, -0.05) is 60.6 Å². The lowest BCUT2D eigenvalue weighted by molar-refractivity contribution is -0.120. The third-order valence-corrected chi connectivity index (χ3v) is 5.96. The monoisotopic (exact) mass is 429 g/mol. The van der Waals surface area contributed by atoms with Gasteiger partial charge in [-0.15, -0.1) is 0 Å². The molecule has 7 heteroatoms. The molecular weight excluding hydrogens is 406 g/mol. The number of rotatable bonds is 7. The van der Waals surface area contributed by atoms with Gasteiger partial charge in [-0.05, 0) is 44.0 Å². The van der Waals surface area contributed by atoms with Gasteiger partial charge in [0.2, 0.25) is 5.91 Å². The minimum absolute atomic E-state index is 0.102. The lowest BCUT2D eigenvalue weighted by atomic mass is 10.1. The van der Waals surface area contributed by atoms with Crippen molar-refractivity contribution in [1.29, 1.82) is 0 Å². The van der Waals surface area contributed by atoms with Crippen molar-refractivity contribution in [3.05, 3.63) is 69.5 Å². The standard InChI is InChI=1S/C22H24ClN3O2S/c1-4-12-26-21(28)18-11-10-17(23)13-19(18)25-22(26)29-15(3)20(27)24-14(2)16-8-6-5-7-9-16/h5-11,13-15H,4,12H2,1-3H3,(H,24,27)/t14-,15-/m0/s1. The minimum atomic E-state index is -0.409. The summed E-state index contributed by atoms with van der Waals surface area (Å²) < 4.78 is 1.64. The molecule has 152 valence electrons. The first-order chi connectivity index (χ1) is 13.9. The van der Waals surface area contributed by atoms with Gasteiger partial charge in [-0.3, -0.25) is 14.2 Å². The van der Waals surface area contributed by atoms with E-state index >= 15 is 0 Å². The van der Waals surface area contributed by atoms with Crippen molar-refractivity contribution >= 4 is 40.2 Å². The van der Waals surface area contributed by atoms with Crippen LogP contribution in [0.4, 0.5) is 0 Å². The van der Waals surface area contributed by atoms with Crippen LogP contribution in [0.3, 0.4) is 0 Å². The highest BCUT2D eigenvalue weighted by atomic mass is 35.5. The van der Waals surface area contributed by atoms with Crippen molar-refractivity contribution in [3.63, 3.8) is 0 Å². The zero-order chi connectivity index (χ0) is 21.0. The van der Waals surface area contributed by atoms with Crippen LogP contribution in [0.1, 0.15) is 38.8 Å². The number of halogens is 1. The lowest BCUT2D eigenvalue weighted by Gasteiger charge is -2.19. The summed E-state index contributed by atoms with van der Waals surface area (Å²) in [6, 6.07) is 14.8. The minimum Gasteiger partial charge on any atom is -0.349 e. The number of carbonyl (C=O) groups excluding carboxylic acids is 1. The van der Waals surface area contributed by atoms with Crippen LogP contribution in [0, 0.1) is 0 Å². The molecule has 1 N–H and O–H groups in total. The average molecular weight is 430 g/mol.